The minimum absolute atomic E-state index is 0.00662. The van der Waals surface area contributed by atoms with Crippen LogP contribution in [0.3, 0.4) is 0 Å². The van der Waals surface area contributed by atoms with E-state index in [0.29, 0.717) is 13.0 Å². The Balaban J connectivity index is 1.35. The third-order valence-electron chi connectivity index (χ3n) is 5.50. The molecule has 0 spiro atoms. The molecule has 0 radical (unpaired) electrons. The second-order valence-electron chi connectivity index (χ2n) is 7.96. The Morgan fingerprint density at radius 3 is 2.41 bits per heavy atom. The van der Waals surface area contributed by atoms with Gasteiger partial charge in [-0.2, -0.15) is 0 Å². The zero-order chi connectivity index (χ0) is 20.6. The first-order valence-corrected chi connectivity index (χ1v) is 10.4. The molecule has 0 unspecified atom stereocenters. The minimum Gasteiger partial charge on any atom is -0.353 e. The number of carbonyl (C=O) groups excluding carboxylic acids is 2. The van der Waals surface area contributed by atoms with Crippen LogP contribution in [0.5, 0.6) is 0 Å². The molecule has 29 heavy (non-hydrogen) atoms. The average molecular weight is 394 g/mol. The van der Waals surface area contributed by atoms with E-state index in [1.54, 1.807) is 0 Å². The van der Waals surface area contributed by atoms with Crippen LogP contribution in [0, 0.1) is 13.8 Å². The molecule has 1 heterocycles. The molecule has 1 fully saturated rings. The second kappa shape index (κ2) is 10.2. The number of benzene rings is 2. The number of nitrogens with zero attached hydrogens (tertiary/aromatic N) is 1. The van der Waals surface area contributed by atoms with E-state index in [0.717, 1.165) is 38.0 Å². The highest BCUT2D eigenvalue weighted by molar-refractivity contribution is 5.92. The fraction of sp³-hybridized carbons (Fsp3) is 0.417. The van der Waals surface area contributed by atoms with Crippen LogP contribution in [-0.2, 0) is 16.0 Å². The van der Waals surface area contributed by atoms with Crippen molar-refractivity contribution in [2.24, 2.45) is 0 Å². The first-order chi connectivity index (χ1) is 14.0. The molecular formula is C24H31N3O2. The van der Waals surface area contributed by atoms with Crippen LogP contribution < -0.4 is 10.6 Å². The number of rotatable bonds is 7. The molecule has 5 heteroatoms. The largest absolute Gasteiger partial charge is 0.353 e. The van der Waals surface area contributed by atoms with E-state index in [4.69, 9.17) is 0 Å². The van der Waals surface area contributed by atoms with Crippen molar-refractivity contribution < 1.29 is 9.59 Å². The van der Waals surface area contributed by atoms with Crippen molar-refractivity contribution in [3.05, 3.63) is 65.2 Å². The Labute approximate surface area is 173 Å². The molecule has 1 saturated heterocycles. The highest BCUT2D eigenvalue weighted by atomic mass is 16.2. The van der Waals surface area contributed by atoms with Crippen LogP contribution >= 0.6 is 0 Å². The summed E-state index contributed by atoms with van der Waals surface area (Å²) < 4.78 is 0. The van der Waals surface area contributed by atoms with Gasteiger partial charge in [0.15, 0.2) is 0 Å². The number of para-hydroxylation sites is 1. The van der Waals surface area contributed by atoms with Crippen LogP contribution in [0.1, 0.15) is 36.0 Å². The molecule has 0 bridgehead atoms. The summed E-state index contributed by atoms with van der Waals surface area (Å²) in [7, 11) is 0. The van der Waals surface area contributed by atoms with Gasteiger partial charge in [-0.15, -0.1) is 0 Å². The van der Waals surface area contributed by atoms with Gasteiger partial charge in [0, 0.05) is 31.2 Å². The van der Waals surface area contributed by atoms with E-state index >= 15 is 0 Å². The first-order valence-electron chi connectivity index (χ1n) is 10.4. The highest BCUT2D eigenvalue weighted by Crippen LogP contribution is 2.14. The van der Waals surface area contributed by atoms with E-state index < -0.39 is 0 Å². The van der Waals surface area contributed by atoms with Crippen LogP contribution in [0.2, 0.25) is 0 Å². The van der Waals surface area contributed by atoms with Crippen molar-refractivity contribution in [1.82, 2.24) is 10.2 Å². The van der Waals surface area contributed by atoms with Gasteiger partial charge in [0.25, 0.3) is 0 Å². The number of piperidine rings is 1. The van der Waals surface area contributed by atoms with Crippen LogP contribution in [0.4, 0.5) is 5.69 Å². The topological polar surface area (TPSA) is 61.4 Å². The fourth-order valence-corrected chi connectivity index (χ4v) is 3.83. The van der Waals surface area contributed by atoms with Crippen LogP contribution in [0.25, 0.3) is 0 Å². The van der Waals surface area contributed by atoms with Crippen molar-refractivity contribution in [3.8, 4) is 0 Å². The predicted molar refractivity (Wildman–Crippen MR) is 117 cm³/mol. The molecular weight excluding hydrogens is 362 g/mol. The maximum atomic E-state index is 12.3. The van der Waals surface area contributed by atoms with Crippen molar-refractivity contribution in [2.45, 2.75) is 45.6 Å². The van der Waals surface area contributed by atoms with E-state index in [2.05, 4.69) is 47.6 Å². The number of likely N-dealkylation sites (tertiary alicyclic amines) is 1. The quantitative estimate of drug-likeness (QED) is 0.757. The number of amides is 2. The number of hydrogen-bond donors (Lipinski definition) is 2. The number of aryl methyl sites for hydroxylation is 3. The van der Waals surface area contributed by atoms with Gasteiger partial charge in [0.2, 0.25) is 11.8 Å². The summed E-state index contributed by atoms with van der Waals surface area (Å²) in [5.74, 6) is 0.123. The zero-order valence-corrected chi connectivity index (χ0v) is 17.4. The van der Waals surface area contributed by atoms with Crippen LogP contribution in [-0.4, -0.2) is 42.4 Å². The Bertz CT molecular complexity index is 827. The molecule has 2 N–H and O–H groups in total. The molecule has 154 valence electrons. The standard InChI is InChI=1S/C24H31N3O2/c1-18-8-9-20(19(2)16-18)10-11-23(28)25-22-12-14-27(15-13-22)17-24(29)26-21-6-4-3-5-7-21/h3-9,16,22H,10-15,17H2,1-2H3,(H,25,28)(H,26,29). The average Bonchev–Trinajstić information content (AvgIpc) is 2.69. The fourth-order valence-electron chi connectivity index (χ4n) is 3.83. The van der Waals surface area contributed by atoms with Crippen molar-refractivity contribution in [1.29, 1.82) is 0 Å². The number of carbonyl (C=O) groups is 2. The van der Waals surface area contributed by atoms with Gasteiger partial charge < -0.3 is 10.6 Å². The molecule has 2 amide bonds. The monoisotopic (exact) mass is 393 g/mol. The maximum absolute atomic E-state index is 12.3. The van der Waals surface area contributed by atoms with E-state index in [1.165, 1.54) is 16.7 Å². The number of nitrogens with one attached hydrogen (secondary N) is 2. The van der Waals surface area contributed by atoms with Gasteiger partial charge in [-0.25, -0.2) is 0 Å². The summed E-state index contributed by atoms with van der Waals surface area (Å²) in [6, 6.07) is 16.1. The Morgan fingerprint density at radius 2 is 1.72 bits per heavy atom. The minimum atomic E-state index is 0.00662. The normalized spacial score (nSPS) is 15.1. The van der Waals surface area contributed by atoms with Gasteiger partial charge in [0.05, 0.1) is 6.54 Å². The SMILES string of the molecule is Cc1ccc(CCC(=O)NC2CCN(CC(=O)Nc3ccccc3)CC2)c(C)c1. The van der Waals surface area contributed by atoms with Gasteiger partial charge in [-0.05, 0) is 56.4 Å². The van der Waals surface area contributed by atoms with E-state index in [9.17, 15) is 9.59 Å². The maximum Gasteiger partial charge on any atom is 0.238 e. The molecule has 0 saturated carbocycles. The second-order valence-corrected chi connectivity index (χ2v) is 7.96. The Morgan fingerprint density at radius 1 is 1.00 bits per heavy atom. The highest BCUT2D eigenvalue weighted by Gasteiger charge is 2.22. The predicted octanol–water partition coefficient (Wildman–Crippen LogP) is 3.46. The molecule has 0 aliphatic carbocycles. The smallest absolute Gasteiger partial charge is 0.238 e. The van der Waals surface area contributed by atoms with Crippen molar-refractivity contribution in [3.63, 3.8) is 0 Å². The molecule has 0 aromatic heterocycles. The summed E-state index contributed by atoms with van der Waals surface area (Å²) in [4.78, 5) is 26.7. The lowest BCUT2D eigenvalue weighted by Crippen LogP contribution is -2.46. The zero-order valence-electron chi connectivity index (χ0n) is 17.4. The molecule has 0 atom stereocenters. The van der Waals surface area contributed by atoms with Gasteiger partial charge in [-0.3, -0.25) is 14.5 Å². The molecule has 1 aliphatic heterocycles. The molecule has 5 nitrogen and oxygen atoms in total. The van der Waals surface area contributed by atoms with Crippen LogP contribution in [0.15, 0.2) is 48.5 Å². The van der Waals surface area contributed by atoms with Gasteiger partial charge >= 0.3 is 0 Å². The number of hydrogen-bond acceptors (Lipinski definition) is 3. The summed E-state index contributed by atoms with van der Waals surface area (Å²) in [5.41, 5.74) is 4.56. The van der Waals surface area contributed by atoms with E-state index in [1.807, 2.05) is 30.3 Å². The first kappa shape index (κ1) is 21.1. The molecule has 3 rings (SSSR count). The molecule has 1 aliphatic rings. The van der Waals surface area contributed by atoms with Crippen molar-refractivity contribution >= 4 is 17.5 Å². The summed E-state index contributed by atoms with van der Waals surface area (Å²) >= 11 is 0. The summed E-state index contributed by atoms with van der Waals surface area (Å²) in [6.07, 6.45) is 3.06. The lowest BCUT2D eigenvalue weighted by molar-refractivity contribution is -0.122. The van der Waals surface area contributed by atoms with Crippen molar-refractivity contribution in [2.75, 3.05) is 25.0 Å². The number of anilines is 1. The Kier molecular flexibility index (Phi) is 7.42. The Hall–Kier alpha value is -2.66. The van der Waals surface area contributed by atoms with Gasteiger partial charge in [-0.1, -0.05) is 42.0 Å². The third-order valence-corrected chi connectivity index (χ3v) is 5.50. The lowest BCUT2D eigenvalue weighted by atomic mass is 10.0. The molecule has 2 aromatic carbocycles. The van der Waals surface area contributed by atoms with Gasteiger partial charge in [0.1, 0.15) is 0 Å². The third kappa shape index (κ3) is 6.71. The molecule has 2 aromatic rings. The van der Waals surface area contributed by atoms with E-state index in [-0.39, 0.29) is 17.9 Å². The summed E-state index contributed by atoms with van der Waals surface area (Å²) in [6.45, 7) is 6.22. The lowest BCUT2D eigenvalue weighted by Gasteiger charge is -2.31. The summed E-state index contributed by atoms with van der Waals surface area (Å²) in [5, 5.41) is 6.09.